The van der Waals surface area contributed by atoms with Crippen molar-refractivity contribution in [1.82, 2.24) is 25.3 Å². The zero-order valence-electron chi connectivity index (χ0n) is 13.4. The Balaban J connectivity index is 1.64. The first-order valence-corrected chi connectivity index (χ1v) is 7.89. The molecule has 126 valence electrons. The summed E-state index contributed by atoms with van der Waals surface area (Å²) in [5.41, 5.74) is 2.02. The Bertz CT molecular complexity index is 708. The highest BCUT2D eigenvalue weighted by Crippen LogP contribution is 2.28. The van der Waals surface area contributed by atoms with E-state index in [1.165, 1.54) is 13.2 Å². The van der Waals surface area contributed by atoms with Gasteiger partial charge in [-0.1, -0.05) is 5.16 Å². The lowest BCUT2D eigenvalue weighted by molar-refractivity contribution is -0.119. The number of hydrogen-bond acceptors (Lipinski definition) is 6. The molecule has 0 spiro atoms. The number of nitrogens with one attached hydrogen (secondary N) is 1. The van der Waals surface area contributed by atoms with Gasteiger partial charge in [-0.15, -0.1) is 0 Å². The third-order valence-corrected chi connectivity index (χ3v) is 4.14. The van der Waals surface area contributed by atoms with Crippen molar-refractivity contribution >= 4 is 11.8 Å². The molecule has 1 fully saturated rings. The summed E-state index contributed by atoms with van der Waals surface area (Å²) in [5.74, 6) is 0.0169. The van der Waals surface area contributed by atoms with Crippen molar-refractivity contribution in [2.45, 2.75) is 32.2 Å². The summed E-state index contributed by atoms with van der Waals surface area (Å²) in [5, 5.41) is 6.46. The van der Waals surface area contributed by atoms with Gasteiger partial charge in [-0.2, -0.15) is 0 Å². The molecular formula is C16H19N5O3. The SMILES string of the molecule is CC(=O)NCc1nccnc1C1CCN(C(=O)c2ccon2)CC1. The zero-order valence-corrected chi connectivity index (χ0v) is 13.4. The molecule has 1 N–H and O–H groups in total. The van der Waals surface area contributed by atoms with E-state index in [9.17, 15) is 9.59 Å². The predicted octanol–water partition coefficient (Wildman–Crippen LogP) is 1.12. The molecule has 1 aliphatic rings. The molecule has 2 amide bonds. The standard InChI is InChI=1S/C16H19N5O3/c1-11(22)19-10-14-15(18-6-5-17-14)12-2-7-21(8-3-12)16(23)13-4-9-24-20-13/h4-6,9,12H,2-3,7-8,10H2,1H3,(H,19,22). The molecule has 3 rings (SSSR count). The van der Waals surface area contributed by atoms with Crippen LogP contribution in [0, 0.1) is 0 Å². The Kier molecular flexibility index (Phi) is 4.83. The van der Waals surface area contributed by atoms with Crippen LogP contribution in [0.2, 0.25) is 0 Å². The number of piperidine rings is 1. The number of aromatic nitrogens is 3. The molecule has 2 aromatic heterocycles. The van der Waals surface area contributed by atoms with Crippen molar-refractivity contribution in [1.29, 1.82) is 0 Å². The molecule has 8 nitrogen and oxygen atoms in total. The van der Waals surface area contributed by atoms with Gasteiger partial charge in [0.2, 0.25) is 5.91 Å². The van der Waals surface area contributed by atoms with Crippen LogP contribution < -0.4 is 5.32 Å². The van der Waals surface area contributed by atoms with E-state index in [0.717, 1.165) is 24.2 Å². The van der Waals surface area contributed by atoms with E-state index in [4.69, 9.17) is 4.52 Å². The first kappa shape index (κ1) is 16.1. The second-order valence-corrected chi connectivity index (χ2v) is 5.75. The van der Waals surface area contributed by atoms with Crippen LogP contribution in [0.25, 0.3) is 0 Å². The van der Waals surface area contributed by atoms with Crippen molar-refractivity contribution in [2.24, 2.45) is 0 Å². The Hall–Kier alpha value is -2.77. The maximum atomic E-state index is 12.3. The number of rotatable bonds is 4. The summed E-state index contributed by atoms with van der Waals surface area (Å²) < 4.78 is 4.73. The lowest BCUT2D eigenvalue weighted by atomic mass is 9.91. The van der Waals surface area contributed by atoms with Crippen LogP contribution in [-0.2, 0) is 11.3 Å². The Morgan fingerprint density at radius 2 is 2.04 bits per heavy atom. The predicted molar refractivity (Wildman–Crippen MR) is 83.9 cm³/mol. The Labute approximate surface area is 139 Å². The zero-order chi connectivity index (χ0) is 16.9. The average Bonchev–Trinajstić information content (AvgIpc) is 3.14. The number of hydrogen-bond donors (Lipinski definition) is 1. The molecule has 0 aliphatic carbocycles. The van der Waals surface area contributed by atoms with Crippen LogP contribution in [-0.4, -0.2) is 44.9 Å². The molecule has 0 atom stereocenters. The van der Waals surface area contributed by atoms with Gasteiger partial charge in [0.15, 0.2) is 5.69 Å². The van der Waals surface area contributed by atoms with E-state index in [-0.39, 0.29) is 17.7 Å². The Morgan fingerprint density at radius 3 is 2.71 bits per heavy atom. The van der Waals surface area contributed by atoms with E-state index in [2.05, 4.69) is 20.4 Å². The highest BCUT2D eigenvalue weighted by Gasteiger charge is 2.28. The fourth-order valence-corrected chi connectivity index (χ4v) is 2.90. The number of nitrogens with zero attached hydrogens (tertiary/aromatic N) is 4. The Morgan fingerprint density at radius 1 is 1.29 bits per heavy atom. The van der Waals surface area contributed by atoms with E-state index in [1.807, 2.05) is 0 Å². The first-order chi connectivity index (χ1) is 11.6. The van der Waals surface area contributed by atoms with Crippen LogP contribution in [0.3, 0.4) is 0 Å². The third kappa shape index (κ3) is 3.58. The van der Waals surface area contributed by atoms with Crippen molar-refractivity contribution in [2.75, 3.05) is 13.1 Å². The van der Waals surface area contributed by atoms with Crippen LogP contribution in [0.4, 0.5) is 0 Å². The minimum Gasteiger partial charge on any atom is -0.364 e. The first-order valence-electron chi connectivity index (χ1n) is 7.89. The van der Waals surface area contributed by atoms with Crippen LogP contribution in [0.1, 0.15) is 47.6 Å². The smallest absolute Gasteiger partial charge is 0.276 e. The van der Waals surface area contributed by atoms with Crippen LogP contribution in [0.15, 0.2) is 29.2 Å². The van der Waals surface area contributed by atoms with Gasteiger partial charge in [0, 0.05) is 44.4 Å². The van der Waals surface area contributed by atoms with Gasteiger partial charge in [-0.3, -0.25) is 19.6 Å². The van der Waals surface area contributed by atoms with Gasteiger partial charge in [-0.05, 0) is 12.8 Å². The van der Waals surface area contributed by atoms with Gasteiger partial charge in [0.05, 0.1) is 17.9 Å². The fourth-order valence-electron chi connectivity index (χ4n) is 2.90. The second-order valence-electron chi connectivity index (χ2n) is 5.75. The van der Waals surface area contributed by atoms with Crippen molar-refractivity contribution in [3.63, 3.8) is 0 Å². The monoisotopic (exact) mass is 329 g/mol. The summed E-state index contributed by atoms with van der Waals surface area (Å²) in [6.07, 6.45) is 6.29. The van der Waals surface area contributed by atoms with E-state index in [1.54, 1.807) is 23.4 Å². The molecule has 1 aliphatic heterocycles. The molecule has 0 aromatic carbocycles. The van der Waals surface area contributed by atoms with Gasteiger partial charge in [-0.25, -0.2) is 0 Å². The van der Waals surface area contributed by atoms with Crippen molar-refractivity contribution in [3.05, 3.63) is 41.8 Å². The van der Waals surface area contributed by atoms with Gasteiger partial charge in [0.1, 0.15) is 6.26 Å². The molecule has 1 saturated heterocycles. The minimum absolute atomic E-state index is 0.0976. The quantitative estimate of drug-likeness (QED) is 0.902. The summed E-state index contributed by atoms with van der Waals surface area (Å²) in [6, 6.07) is 1.57. The van der Waals surface area contributed by atoms with Crippen molar-refractivity contribution < 1.29 is 14.1 Å². The van der Waals surface area contributed by atoms with E-state index in [0.29, 0.717) is 25.3 Å². The third-order valence-electron chi connectivity index (χ3n) is 4.14. The largest absolute Gasteiger partial charge is 0.364 e. The number of carbonyl (C=O) groups is 2. The minimum atomic E-state index is -0.111. The molecule has 0 radical (unpaired) electrons. The van der Waals surface area contributed by atoms with E-state index < -0.39 is 0 Å². The summed E-state index contributed by atoms with van der Waals surface area (Å²) in [6.45, 7) is 3.11. The highest BCUT2D eigenvalue weighted by atomic mass is 16.5. The number of likely N-dealkylation sites (tertiary alicyclic amines) is 1. The molecule has 0 bridgehead atoms. The average molecular weight is 329 g/mol. The van der Waals surface area contributed by atoms with E-state index >= 15 is 0 Å². The summed E-state index contributed by atoms with van der Waals surface area (Å²) >= 11 is 0. The molecule has 8 heteroatoms. The van der Waals surface area contributed by atoms with Gasteiger partial charge >= 0.3 is 0 Å². The molecule has 2 aromatic rings. The molecule has 24 heavy (non-hydrogen) atoms. The van der Waals surface area contributed by atoms with Crippen LogP contribution >= 0.6 is 0 Å². The summed E-state index contributed by atoms with van der Waals surface area (Å²) in [7, 11) is 0. The number of amides is 2. The second kappa shape index (κ2) is 7.20. The highest BCUT2D eigenvalue weighted by molar-refractivity contribution is 5.92. The molecular weight excluding hydrogens is 310 g/mol. The van der Waals surface area contributed by atoms with Gasteiger partial charge < -0.3 is 14.7 Å². The maximum Gasteiger partial charge on any atom is 0.276 e. The summed E-state index contributed by atoms with van der Waals surface area (Å²) in [4.78, 5) is 34.0. The topological polar surface area (TPSA) is 101 Å². The maximum absolute atomic E-state index is 12.3. The normalized spacial score (nSPS) is 15.3. The number of carbonyl (C=O) groups excluding carboxylic acids is 2. The van der Waals surface area contributed by atoms with Gasteiger partial charge in [0.25, 0.3) is 5.91 Å². The lowest BCUT2D eigenvalue weighted by Gasteiger charge is -2.31. The fraction of sp³-hybridized carbons (Fsp3) is 0.438. The molecule has 3 heterocycles. The van der Waals surface area contributed by atoms with Crippen molar-refractivity contribution in [3.8, 4) is 0 Å². The molecule has 0 saturated carbocycles. The lowest BCUT2D eigenvalue weighted by Crippen LogP contribution is -2.38. The van der Waals surface area contributed by atoms with Crippen LogP contribution in [0.5, 0.6) is 0 Å². The molecule has 0 unspecified atom stereocenters.